The number of hydrogen-bond donors (Lipinski definition) is 1. The van der Waals surface area contributed by atoms with E-state index in [9.17, 15) is 4.79 Å². The van der Waals surface area contributed by atoms with Crippen LogP contribution < -0.4 is 10.2 Å². The van der Waals surface area contributed by atoms with E-state index in [0.717, 1.165) is 41.8 Å². The number of thiazole rings is 1. The highest BCUT2D eigenvalue weighted by Gasteiger charge is 2.25. The zero-order valence-corrected chi connectivity index (χ0v) is 15.7. The largest absolute Gasteiger partial charge is 0.381 e. The molecule has 0 radical (unpaired) electrons. The summed E-state index contributed by atoms with van der Waals surface area (Å²) in [6.45, 7) is 2.31. The lowest BCUT2D eigenvalue weighted by atomic mass is 10.1. The first-order valence-corrected chi connectivity index (χ1v) is 10.1. The number of nitrogens with one attached hydrogen (secondary N) is 1. The molecule has 6 nitrogen and oxygen atoms in total. The van der Waals surface area contributed by atoms with Crippen molar-refractivity contribution in [1.82, 2.24) is 15.3 Å². The smallest absolute Gasteiger partial charge is 0.280 e. The van der Waals surface area contributed by atoms with Crippen LogP contribution in [-0.2, 0) is 11.2 Å². The fourth-order valence-corrected chi connectivity index (χ4v) is 4.65. The molecule has 5 rings (SSSR count). The Morgan fingerprint density at radius 2 is 2.04 bits per heavy atom. The second-order valence-electron chi connectivity index (χ2n) is 6.89. The summed E-state index contributed by atoms with van der Waals surface area (Å²) in [4.78, 5) is 24.9. The summed E-state index contributed by atoms with van der Waals surface area (Å²) in [5, 5.41) is 3.56. The van der Waals surface area contributed by atoms with Crippen molar-refractivity contribution in [2.24, 2.45) is 0 Å². The van der Waals surface area contributed by atoms with Gasteiger partial charge in [-0.25, -0.2) is 9.97 Å². The van der Waals surface area contributed by atoms with Crippen LogP contribution in [0.5, 0.6) is 0 Å². The molecule has 1 fully saturated rings. The van der Waals surface area contributed by atoms with Crippen molar-refractivity contribution >= 4 is 39.0 Å². The van der Waals surface area contributed by atoms with Gasteiger partial charge in [0.2, 0.25) is 0 Å². The molecule has 138 valence electrons. The third-order valence-corrected chi connectivity index (χ3v) is 6.17. The van der Waals surface area contributed by atoms with Crippen LogP contribution in [0, 0.1) is 0 Å². The van der Waals surface area contributed by atoms with E-state index >= 15 is 0 Å². The average Bonchev–Trinajstić information content (AvgIpc) is 3.33. The molecule has 0 atom stereocenters. The van der Waals surface area contributed by atoms with Crippen molar-refractivity contribution in [3.63, 3.8) is 0 Å². The summed E-state index contributed by atoms with van der Waals surface area (Å²) in [5.74, 6) is -0.113. The standard InChI is InChI=1S/C20H20N4O2S/c25-18(22-14-7-11-26-12-8-14)20-23-17-16(5-9-21-19(17)27-20)24-10-6-13-3-1-2-4-15(13)24/h1-5,9,14H,6-8,10-12H2,(H,22,25). The Kier molecular flexibility index (Phi) is 4.26. The van der Waals surface area contributed by atoms with E-state index in [0.29, 0.717) is 18.2 Å². The van der Waals surface area contributed by atoms with Crippen LogP contribution in [0.15, 0.2) is 36.5 Å². The summed E-state index contributed by atoms with van der Waals surface area (Å²) >= 11 is 1.36. The second kappa shape index (κ2) is 6.90. The molecule has 2 aromatic heterocycles. The number of amides is 1. The van der Waals surface area contributed by atoms with Gasteiger partial charge in [0.25, 0.3) is 5.91 Å². The molecular formula is C20H20N4O2S. The first-order valence-electron chi connectivity index (χ1n) is 9.29. The predicted molar refractivity (Wildman–Crippen MR) is 106 cm³/mol. The minimum Gasteiger partial charge on any atom is -0.381 e. The molecule has 0 unspecified atom stereocenters. The molecule has 0 spiro atoms. The van der Waals surface area contributed by atoms with E-state index in [1.54, 1.807) is 6.20 Å². The lowest BCUT2D eigenvalue weighted by Crippen LogP contribution is -2.38. The molecule has 3 aromatic rings. The van der Waals surface area contributed by atoms with Gasteiger partial charge >= 0.3 is 0 Å². The third-order valence-electron chi connectivity index (χ3n) is 5.20. The van der Waals surface area contributed by atoms with Crippen LogP contribution in [0.4, 0.5) is 11.4 Å². The maximum Gasteiger partial charge on any atom is 0.280 e. The van der Waals surface area contributed by atoms with Crippen molar-refractivity contribution in [3.05, 3.63) is 47.1 Å². The molecule has 1 amide bonds. The van der Waals surface area contributed by atoms with Gasteiger partial charge in [-0.05, 0) is 37.0 Å². The maximum absolute atomic E-state index is 12.7. The first-order chi connectivity index (χ1) is 13.3. The molecule has 4 heterocycles. The highest BCUT2D eigenvalue weighted by Crippen LogP contribution is 2.38. The Bertz CT molecular complexity index is 997. The van der Waals surface area contributed by atoms with Gasteiger partial charge in [-0.3, -0.25) is 4.79 Å². The fourth-order valence-electron chi connectivity index (χ4n) is 3.81. The Morgan fingerprint density at radius 1 is 1.19 bits per heavy atom. The fraction of sp³-hybridized carbons (Fsp3) is 0.350. The topological polar surface area (TPSA) is 67.3 Å². The number of ether oxygens (including phenoxy) is 1. The monoisotopic (exact) mass is 380 g/mol. The number of pyridine rings is 1. The van der Waals surface area contributed by atoms with Crippen molar-refractivity contribution in [2.45, 2.75) is 25.3 Å². The van der Waals surface area contributed by atoms with Crippen molar-refractivity contribution in [2.75, 3.05) is 24.7 Å². The van der Waals surface area contributed by atoms with Gasteiger partial charge in [-0.1, -0.05) is 29.5 Å². The molecule has 0 saturated carbocycles. The molecule has 0 aliphatic carbocycles. The lowest BCUT2D eigenvalue weighted by Gasteiger charge is -2.22. The molecule has 1 N–H and O–H groups in total. The van der Waals surface area contributed by atoms with Crippen LogP contribution in [0.2, 0.25) is 0 Å². The number of carbonyl (C=O) groups excluding carboxylic acids is 1. The summed E-state index contributed by atoms with van der Waals surface area (Å²) in [7, 11) is 0. The van der Waals surface area contributed by atoms with Crippen LogP contribution >= 0.6 is 11.3 Å². The normalized spacial score (nSPS) is 17.3. The van der Waals surface area contributed by atoms with Gasteiger partial charge in [-0.2, -0.15) is 0 Å². The van der Waals surface area contributed by atoms with Crippen molar-refractivity contribution in [1.29, 1.82) is 0 Å². The van der Waals surface area contributed by atoms with E-state index in [2.05, 4.69) is 44.5 Å². The molecule has 7 heteroatoms. The number of anilines is 2. The highest BCUT2D eigenvalue weighted by atomic mass is 32.1. The molecule has 0 bridgehead atoms. The average molecular weight is 380 g/mol. The minimum absolute atomic E-state index is 0.113. The molecule has 2 aliphatic rings. The van der Waals surface area contributed by atoms with Gasteiger partial charge in [0.15, 0.2) is 5.01 Å². The van der Waals surface area contributed by atoms with E-state index in [1.165, 1.54) is 22.6 Å². The number of para-hydroxylation sites is 1. The Labute approximate surface area is 161 Å². The Balaban J connectivity index is 1.46. The summed E-state index contributed by atoms with van der Waals surface area (Å²) in [6.07, 6.45) is 4.52. The zero-order valence-electron chi connectivity index (χ0n) is 14.9. The second-order valence-corrected chi connectivity index (χ2v) is 7.87. The van der Waals surface area contributed by atoms with E-state index in [-0.39, 0.29) is 11.9 Å². The van der Waals surface area contributed by atoms with E-state index < -0.39 is 0 Å². The number of rotatable bonds is 3. The van der Waals surface area contributed by atoms with E-state index in [4.69, 9.17) is 4.74 Å². The maximum atomic E-state index is 12.7. The zero-order chi connectivity index (χ0) is 18.2. The van der Waals surface area contributed by atoms with Crippen LogP contribution in [0.25, 0.3) is 10.3 Å². The summed E-state index contributed by atoms with van der Waals surface area (Å²) < 4.78 is 5.36. The van der Waals surface area contributed by atoms with Gasteiger partial charge in [0.05, 0.1) is 5.69 Å². The molecule has 2 aliphatic heterocycles. The number of benzene rings is 1. The van der Waals surface area contributed by atoms with Gasteiger partial charge < -0.3 is 15.0 Å². The highest BCUT2D eigenvalue weighted by molar-refractivity contribution is 7.20. The SMILES string of the molecule is O=C(NC1CCOCC1)c1nc2c(N3CCc4ccccc43)ccnc2s1. The molecular weight excluding hydrogens is 360 g/mol. The Morgan fingerprint density at radius 3 is 2.93 bits per heavy atom. The van der Waals surface area contributed by atoms with Gasteiger partial charge in [0.1, 0.15) is 10.3 Å². The van der Waals surface area contributed by atoms with E-state index in [1.807, 2.05) is 6.07 Å². The molecule has 1 saturated heterocycles. The van der Waals surface area contributed by atoms with Crippen molar-refractivity contribution in [3.8, 4) is 0 Å². The number of nitrogens with zero attached hydrogens (tertiary/aromatic N) is 3. The minimum atomic E-state index is -0.113. The number of fused-ring (bicyclic) bond motifs is 2. The predicted octanol–water partition coefficient (Wildman–Crippen LogP) is 3.29. The quantitative estimate of drug-likeness (QED) is 0.755. The van der Waals surface area contributed by atoms with Gasteiger partial charge in [-0.15, -0.1) is 0 Å². The molecule has 1 aromatic carbocycles. The van der Waals surface area contributed by atoms with Crippen LogP contribution in [-0.4, -0.2) is 41.7 Å². The number of carbonyl (C=O) groups is 1. The first kappa shape index (κ1) is 16.6. The lowest BCUT2D eigenvalue weighted by molar-refractivity contribution is 0.0696. The third kappa shape index (κ3) is 3.07. The summed E-state index contributed by atoms with van der Waals surface area (Å²) in [6, 6.07) is 10.6. The number of hydrogen-bond acceptors (Lipinski definition) is 6. The molecule has 27 heavy (non-hydrogen) atoms. The Hall–Kier alpha value is -2.51. The van der Waals surface area contributed by atoms with Crippen molar-refractivity contribution < 1.29 is 9.53 Å². The summed E-state index contributed by atoms with van der Waals surface area (Å²) in [5.41, 5.74) is 4.38. The van der Waals surface area contributed by atoms with Gasteiger partial charge in [0, 0.05) is 37.7 Å². The van der Waals surface area contributed by atoms with Crippen LogP contribution in [0.1, 0.15) is 28.2 Å². The van der Waals surface area contributed by atoms with Crippen LogP contribution in [0.3, 0.4) is 0 Å². The number of aromatic nitrogens is 2.